The summed E-state index contributed by atoms with van der Waals surface area (Å²) in [5.41, 5.74) is 7.25. The van der Waals surface area contributed by atoms with Gasteiger partial charge in [-0.15, -0.1) is 36.2 Å². The summed E-state index contributed by atoms with van der Waals surface area (Å²) in [5.74, 6) is -0.362. The highest BCUT2D eigenvalue weighted by atomic mass is 35.5. The van der Waals surface area contributed by atoms with Crippen LogP contribution in [0.2, 0.25) is 0 Å². The number of hydrogen-bond donors (Lipinski definition) is 2. The molecule has 0 aliphatic heterocycles. The fraction of sp³-hybridized carbons (Fsp3) is 0.308. The first-order valence-electron chi connectivity index (χ1n) is 6.01. The molecule has 0 aliphatic rings. The zero-order valence-electron chi connectivity index (χ0n) is 11.6. The Hall–Kier alpha value is -1.21. The molecule has 0 saturated heterocycles. The summed E-state index contributed by atoms with van der Waals surface area (Å²) >= 11 is 1.38. The van der Waals surface area contributed by atoms with E-state index in [9.17, 15) is 4.79 Å². The highest BCUT2D eigenvalue weighted by molar-refractivity contribution is 7.14. The molecule has 2 unspecified atom stereocenters. The monoisotopic (exact) mass is 348 g/mol. The summed E-state index contributed by atoms with van der Waals surface area (Å²) in [7, 11) is 0. The van der Waals surface area contributed by atoms with Gasteiger partial charge < -0.3 is 11.1 Å². The fourth-order valence-corrected chi connectivity index (χ4v) is 2.13. The van der Waals surface area contributed by atoms with Gasteiger partial charge in [0.2, 0.25) is 5.91 Å². The van der Waals surface area contributed by atoms with Gasteiger partial charge in [-0.2, -0.15) is 0 Å². The smallest absolute Gasteiger partial charge is 0.230 e. The van der Waals surface area contributed by atoms with Crippen molar-refractivity contribution in [1.82, 2.24) is 9.97 Å². The van der Waals surface area contributed by atoms with Gasteiger partial charge in [-0.25, -0.2) is 4.98 Å². The maximum atomic E-state index is 11.9. The standard InChI is InChI=1S/C13H16N4OS.2ClH/c1-8(9(2)14)12(18)17-13-16-11(7-19-13)10-5-3-4-6-15-10;;/h3-9H,14H2,1-2H3,(H,16,17,18);2*1H. The van der Waals surface area contributed by atoms with Crippen molar-refractivity contribution in [2.24, 2.45) is 11.7 Å². The largest absolute Gasteiger partial charge is 0.327 e. The van der Waals surface area contributed by atoms with E-state index in [-0.39, 0.29) is 42.7 Å². The van der Waals surface area contributed by atoms with Gasteiger partial charge in [0.1, 0.15) is 5.69 Å². The van der Waals surface area contributed by atoms with Crippen LogP contribution in [-0.2, 0) is 4.79 Å². The number of halogens is 2. The van der Waals surface area contributed by atoms with Crippen LogP contribution in [0.1, 0.15) is 13.8 Å². The van der Waals surface area contributed by atoms with E-state index in [0.29, 0.717) is 5.13 Å². The van der Waals surface area contributed by atoms with Gasteiger partial charge in [-0.1, -0.05) is 13.0 Å². The first kappa shape index (κ1) is 19.8. The van der Waals surface area contributed by atoms with E-state index in [0.717, 1.165) is 11.4 Å². The number of hydrogen-bond acceptors (Lipinski definition) is 5. The number of carbonyl (C=O) groups excluding carboxylic acids is 1. The molecule has 116 valence electrons. The van der Waals surface area contributed by atoms with Gasteiger partial charge in [0.05, 0.1) is 11.6 Å². The molecule has 2 heterocycles. The Morgan fingerprint density at radius 3 is 2.57 bits per heavy atom. The van der Waals surface area contributed by atoms with Crippen molar-refractivity contribution >= 4 is 47.2 Å². The lowest BCUT2D eigenvalue weighted by Gasteiger charge is -2.13. The van der Waals surface area contributed by atoms with E-state index in [1.165, 1.54) is 11.3 Å². The number of pyridine rings is 1. The van der Waals surface area contributed by atoms with Crippen LogP contribution < -0.4 is 11.1 Å². The molecule has 3 N–H and O–H groups in total. The van der Waals surface area contributed by atoms with E-state index >= 15 is 0 Å². The van der Waals surface area contributed by atoms with Crippen molar-refractivity contribution in [1.29, 1.82) is 0 Å². The van der Waals surface area contributed by atoms with Crippen LogP contribution in [0.25, 0.3) is 11.4 Å². The molecule has 2 aromatic rings. The van der Waals surface area contributed by atoms with Crippen LogP contribution in [0, 0.1) is 5.92 Å². The summed E-state index contributed by atoms with van der Waals surface area (Å²) in [5, 5.41) is 5.21. The first-order chi connectivity index (χ1) is 9.08. The maximum Gasteiger partial charge on any atom is 0.230 e. The average molecular weight is 349 g/mol. The molecule has 21 heavy (non-hydrogen) atoms. The molecule has 2 aromatic heterocycles. The van der Waals surface area contributed by atoms with Gasteiger partial charge in [0.25, 0.3) is 0 Å². The Kier molecular flexibility index (Phi) is 8.43. The van der Waals surface area contributed by atoms with Crippen LogP contribution in [-0.4, -0.2) is 21.9 Å². The Bertz CT molecular complexity index is 562. The van der Waals surface area contributed by atoms with E-state index in [4.69, 9.17) is 5.73 Å². The molecular weight excluding hydrogens is 331 g/mol. The lowest BCUT2D eigenvalue weighted by atomic mass is 10.0. The summed E-state index contributed by atoms with van der Waals surface area (Å²) < 4.78 is 0. The third-order valence-corrected chi connectivity index (χ3v) is 3.62. The second-order valence-electron chi connectivity index (χ2n) is 4.39. The number of amides is 1. The molecular formula is C13H18Cl2N4OS. The zero-order valence-corrected chi connectivity index (χ0v) is 14.1. The van der Waals surface area contributed by atoms with Crippen LogP contribution in [0.4, 0.5) is 5.13 Å². The highest BCUT2D eigenvalue weighted by Crippen LogP contribution is 2.23. The lowest BCUT2D eigenvalue weighted by Crippen LogP contribution is -2.34. The molecule has 0 bridgehead atoms. The number of rotatable bonds is 4. The first-order valence-corrected chi connectivity index (χ1v) is 6.89. The third-order valence-electron chi connectivity index (χ3n) is 2.86. The number of thiazole rings is 1. The summed E-state index contributed by atoms with van der Waals surface area (Å²) in [4.78, 5) is 20.4. The third kappa shape index (κ3) is 5.24. The molecule has 2 rings (SSSR count). The van der Waals surface area contributed by atoms with Crippen LogP contribution >= 0.6 is 36.2 Å². The van der Waals surface area contributed by atoms with E-state index in [2.05, 4.69) is 15.3 Å². The number of nitrogens with zero attached hydrogens (tertiary/aromatic N) is 2. The van der Waals surface area contributed by atoms with Crippen molar-refractivity contribution < 1.29 is 4.79 Å². The average Bonchev–Trinajstić information content (AvgIpc) is 2.87. The van der Waals surface area contributed by atoms with E-state index in [1.54, 1.807) is 13.1 Å². The number of carbonyl (C=O) groups is 1. The molecule has 0 saturated carbocycles. The van der Waals surface area contributed by atoms with Crippen LogP contribution in [0.5, 0.6) is 0 Å². The molecule has 1 amide bonds. The van der Waals surface area contributed by atoms with Gasteiger partial charge in [-0.3, -0.25) is 9.78 Å². The summed E-state index contributed by atoms with van der Waals surface area (Å²) in [6, 6.07) is 5.45. The zero-order chi connectivity index (χ0) is 13.8. The number of nitrogens with two attached hydrogens (primary N) is 1. The lowest BCUT2D eigenvalue weighted by molar-refractivity contribution is -0.119. The molecule has 0 aromatic carbocycles. The molecule has 0 spiro atoms. The molecule has 0 radical (unpaired) electrons. The van der Waals surface area contributed by atoms with Gasteiger partial charge in [0.15, 0.2) is 5.13 Å². The highest BCUT2D eigenvalue weighted by Gasteiger charge is 2.18. The topological polar surface area (TPSA) is 80.9 Å². The minimum atomic E-state index is -0.248. The Labute approximate surface area is 140 Å². The predicted octanol–water partition coefficient (Wildman–Crippen LogP) is 2.97. The molecule has 0 aliphatic carbocycles. The van der Waals surface area contributed by atoms with Crippen molar-refractivity contribution in [2.75, 3.05) is 5.32 Å². The van der Waals surface area contributed by atoms with Crippen LogP contribution in [0.3, 0.4) is 0 Å². The Morgan fingerprint density at radius 2 is 2.00 bits per heavy atom. The minimum Gasteiger partial charge on any atom is -0.327 e. The molecule has 8 heteroatoms. The number of aromatic nitrogens is 2. The van der Waals surface area contributed by atoms with Gasteiger partial charge in [-0.05, 0) is 19.1 Å². The minimum absolute atomic E-state index is 0. The van der Waals surface area contributed by atoms with Gasteiger partial charge in [0, 0.05) is 17.6 Å². The second-order valence-corrected chi connectivity index (χ2v) is 5.25. The maximum absolute atomic E-state index is 11.9. The van der Waals surface area contributed by atoms with E-state index in [1.807, 2.05) is 30.5 Å². The van der Waals surface area contributed by atoms with E-state index < -0.39 is 0 Å². The Morgan fingerprint density at radius 1 is 1.29 bits per heavy atom. The SMILES string of the molecule is CC(N)C(C)C(=O)Nc1nc(-c2ccccn2)cs1.Cl.Cl. The fourth-order valence-electron chi connectivity index (χ4n) is 1.42. The normalized spacial score (nSPS) is 12.5. The number of anilines is 1. The van der Waals surface area contributed by atoms with Crippen molar-refractivity contribution in [2.45, 2.75) is 19.9 Å². The summed E-state index contributed by atoms with van der Waals surface area (Å²) in [6.07, 6.45) is 1.71. The molecule has 2 atom stereocenters. The summed E-state index contributed by atoms with van der Waals surface area (Å²) in [6.45, 7) is 3.61. The van der Waals surface area contributed by atoms with Crippen molar-refractivity contribution in [3.63, 3.8) is 0 Å². The molecule has 0 fully saturated rings. The van der Waals surface area contributed by atoms with Crippen LogP contribution in [0.15, 0.2) is 29.8 Å². The van der Waals surface area contributed by atoms with Crippen molar-refractivity contribution in [3.05, 3.63) is 29.8 Å². The predicted molar refractivity (Wildman–Crippen MR) is 91.3 cm³/mol. The molecule has 5 nitrogen and oxygen atoms in total. The number of nitrogens with one attached hydrogen (secondary N) is 1. The quantitative estimate of drug-likeness (QED) is 0.889. The second kappa shape index (κ2) is 8.94. The Balaban J connectivity index is 0.00000200. The van der Waals surface area contributed by atoms with Crippen molar-refractivity contribution in [3.8, 4) is 11.4 Å². The van der Waals surface area contributed by atoms with Gasteiger partial charge >= 0.3 is 0 Å².